The van der Waals surface area contributed by atoms with Crippen LogP contribution in [0.2, 0.25) is 0 Å². The molecule has 2 rings (SSSR count). The van der Waals surface area contributed by atoms with E-state index in [0.717, 1.165) is 0 Å². The summed E-state index contributed by atoms with van der Waals surface area (Å²) >= 11 is 0. The van der Waals surface area contributed by atoms with Crippen LogP contribution in [0.4, 0.5) is 10.1 Å². The van der Waals surface area contributed by atoms with Crippen LogP contribution in [0.1, 0.15) is 0 Å². The van der Waals surface area contributed by atoms with Gasteiger partial charge in [0.1, 0.15) is 5.75 Å². The molecule has 3 N–H and O–H groups in total. The SMILES string of the molecule is COc1ccc(-c2ccc(N)c(O)c2)cc1F. The number of nitrogen functional groups attached to an aromatic ring is 1. The first kappa shape index (κ1) is 11.3. The van der Waals surface area contributed by atoms with Crippen molar-refractivity contribution in [2.24, 2.45) is 0 Å². The third-order valence-corrected chi connectivity index (χ3v) is 2.52. The summed E-state index contributed by atoms with van der Waals surface area (Å²) in [6.07, 6.45) is 0. The molecule has 2 aromatic carbocycles. The number of phenolic OH excluding ortho intramolecular Hbond substituents is 1. The van der Waals surface area contributed by atoms with Crippen LogP contribution >= 0.6 is 0 Å². The van der Waals surface area contributed by atoms with Gasteiger partial charge in [-0.3, -0.25) is 0 Å². The molecule has 0 aliphatic heterocycles. The standard InChI is InChI=1S/C13H12FNO2/c1-17-13-5-3-8(6-10(13)14)9-2-4-11(15)12(16)7-9/h2-7,16H,15H2,1H3. The predicted molar refractivity (Wildman–Crippen MR) is 64.5 cm³/mol. The van der Waals surface area contributed by atoms with Crippen molar-refractivity contribution in [1.82, 2.24) is 0 Å². The Morgan fingerprint density at radius 2 is 1.76 bits per heavy atom. The first-order chi connectivity index (χ1) is 8.11. The Morgan fingerprint density at radius 3 is 2.35 bits per heavy atom. The van der Waals surface area contributed by atoms with Crippen molar-refractivity contribution in [2.45, 2.75) is 0 Å². The van der Waals surface area contributed by atoms with E-state index in [-0.39, 0.29) is 11.5 Å². The largest absolute Gasteiger partial charge is 0.506 e. The maximum Gasteiger partial charge on any atom is 0.165 e. The lowest BCUT2D eigenvalue weighted by Gasteiger charge is -2.07. The van der Waals surface area contributed by atoms with Gasteiger partial charge in [0, 0.05) is 0 Å². The van der Waals surface area contributed by atoms with Crippen LogP contribution in [0.15, 0.2) is 36.4 Å². The number of ether oxygens (including phenoxy) is 1. The van der Waals surface area contributed by atoms with Crippen LogP contribution in [0.25, 0.3) is 11.1 Å². The number of methoxy groups -OCH3 is 1. The van der Waals surface area contributed by atoms with E-state index in [1.165, 1.54) is 25.3 Å². The third kappa shape index (κ3) is 2.15. The number of aromatic hydroxyl groups is 1. The average Bonchev–Trinajstić information content (AvgIpc) is 2.32. The van der Waals surface area contributed by atoms with Gasteiger partial charge in [0.05, 0.1) is 12.8 Å². The third-order valence-electron chi connectivity index (χ3n) is 2.52. The minimum absolute atomic E-state index is 0.0151. The van der Waals surface area contributed by atoms with E-state index in [4.69, 9.17) is 10.5 Å². The summed E-state index contributed by atoms with van der Waals surface area (Å²) in [5, 5.41) is 9.49. The van der Waals surface area contributed by atoms with Crippen LogP contribution in [-0.2, 0) is 0 Å². The van der Waals surface area contributed by atoms with Gasteiger partial charge in [-0.2, -0.15) is 0 Å². The topological polar surface area (TPSA) is 55.5 Å². The Balaban J connectivity index is 2.46. The van der Waals surface area contributed by atoms with Gasteiger partial charge in [-0.05, 0) is 35.4 Å². The first-order valence-electron chi connectivity index (χ1n) is 5.04. The molecule has 0 aliphatic carbocycles. The van der Waals surface area contributed by atoms with Crippen molar-refractivity contribution in [3.8, 4) is 22.6 Å². The number of benzene rings is 2. The molecule has 0 heterocycles. The normalized spacial score (nSPS) is 10.2. The maximum atomic E-state index is 13.5. The monoisotopic (exact) mass is 233 g/mol. The Kier molecular flexibility index (Phi) is 2.87. The summed E-state index contributed by atoms with van der Waals surface area (Å²) < 4.78 is 18.3. The highest BCUT2D eigenvalue weighted by Gasteiger charge is 2.06. The number of phenols is 1. The molecule has 0 radical (unpaired) electrons. The fourth-order valence-corrected chi connectivity index (χ4v) is 1.57. The van der Waals surface area contributed by atoms with Crippen molar-refractivity contribution in [3.05, 3.63) is 42.2 Å². The molecule has 17 heavy (non-hydrogen) atoms. The molecule has 4 heteroatoms. The number of hydrogen-bond acceptors (Lipinski definition) is 3. The van der Waals surface area contributed by atoms with Crippen molar-refractivity contribution in [2.75, 3.05) is 12.8 Å². The second-order valence-electron chi connectivity index (χ2n) is 3.62. The molecule has 0 atom stereocenters. The zero-order valence-corrected chi connectivity index (χ0v) is 9.27. The Labute approximate surface area is 98.3 Å². The summed E-state index contributed by atoms with van der Waals surface area (Å²) in [7, 11) is 1.41. The average molecular weight is 233 g/mol. The smallest absolute Gasteiger partial charge is 0.165 e. The van der Waals surface area contributed by atoms with Crippen LogP contribution in [0, 0.1) is 5.82 Å². The first-order valence-corrected chi connectivity index (χ1v) is 5.04. The zero-order valence-electron chi connectivity index (χ0n) is 9.27. The number of hydrogen-bond donors (Lipinski definition) is 2. The maximum absolute atomic E-state index is 13.5. The summed E-state index contributed by atoms with van der Waals surface area (Å²) in [4.78, 5) is 0. The molecule has 0 saturated carbocycles. The van der Waals surface area contributed by atoms with E-state index in [1.807, 2.05) is 0 Å². The number of anilines is 1. The van der Waals surface area contributed by atoms with Crippen molar-refractivity contribution < 1.29 is 14.2 Å². The Morgan fingerprint density at radius 1 is 1.12 bits per heavy atom. The number of nitrogens with two attached hydrogens (primary N) is 1. The lowest BCUT2D eigenvalue weighted by atomic mass is 10.0. The van der Waals surface area contributed by atoms with Crippen LogP contribution in [-0.4, -0.2) is 12.2 Å². The van der Waals surface area contributed by atoms with E-state index >= 15 is 0 Å². The molecule has 3 nitrogen and oxygen atoms in total. The molecule has 0 unspecified atom stereocenters. The minimum atomic E-state index is -0.443. The molecule has 0 aromatic heterocycles. The van der Waals surface area contributed by atoms with E-state index in [9.17, 15) is 9.50 Å². The van der Waals surface area contributed by atoms with E-state index < -0.39 is 5.82 Å². The second kappa shape index (κ2) is 4.33. The quantitative estimate of drug-likeness (QED) is 0.619. The van der Waals surface area contributed by atoms with Crippen molar-refractivity contribution >= 4 is 5.69 Å². The fourth-order valence-electron chi connectivity index (χ4n) is 1.57. The summed E-state index contributed by atoms with van der Waals surface area (Å²) in [6, 6.07) is 9.40. The number of halogens is 1. The van der Waals surface area contributed by atoms with E-state index in [2.05, 4.69) is 0 Å². The van der Waals surface area contributed by atoms with Gasteiger partial charge in [-0.25, -0.2) is 4.39 Å². The Hall–Kier alpha value is -2.23. The van der Waals surface area contributed by atoms with Gasteiger partial charge in [0.2, 0.25) is 0 Å². The van der Waals surface area contributed by atoms with Crippen molar-refractivity contribution in [1.29, 1.82) is 0 Å². The summed E-state index contributed by atoms with van der Waals surface area (Å²) in [6.45, 7) is 0. The van der Waals surface area contributed by atoms with E-state index in [1.54, 1.807) is 18.2 Å². The van der Waals surface area contributed by atoms with Crippen molar-refractivity contribution in [3.63, 3.8) is 0 Å². The van der Waals surface area contributed by atoms with Gasteiger partial charge >= 0.3 is 0 Å². The molecule has 0 bridgehead atoms. The van der Waals surface area contributed by atoms with E-state index in [0.29, 0.717) is 16.8 Å². The van der Waals surface area contributed by atoms with Gasteiger partial charge in [0.25, 0.3) is 0 Å². The zero-order chi connectivity index (χ0) is 12.4. The molecule has 0 fully saturated rings. The lowest BCUT2D eigenvalue weighted by molar-refractivity contribution is 0.386. The number of rotatable bonds is 2. The lowest BCUT2D eigenvalue weighted by Crippen LogP contribution is -1.89. The Bertz CT molecular complexity index is 555. The molecule has 0 aliphatic rings. The van der Waals surface area contributed by atoms with Gasteiger partial charge in [-0.15, -0.1) is 0 Å². The van der Waals surface area contributed by atoms with Crippen LogP contribution in [0.3, 0.4) is 0 Å². The summed E-state index contributed by atoms with van der Waals surface area (Å²) in [5.74, 6) is -0.270. The molecule has 88 valence electrons. The van der Waals surface area contributed by atoms with Crippen LogP contribution < -0.4 is 10.5 Å². The van der Waals surface area contributed by atoms with Gasteiger partial charge in [-0.1, -0.05) is 12.1 Å². The highest BCUT2D eigenvalue weighted by atomic mass is 19.1. The molecule has 0 saturated heterocycles. The van der Waals surface area contributed by atoms with Crippen LogP contribution in [0.5, 0.6) is 11.5 Å². The molecular weight excluding hydrogens is 221 g/mol. The minimum Gasteiger partial charge on any atom is -0.506 e. The highest BCUT2D eigenvalue weighted by Crippen LogP contribution is 2.30. The summed E-state index contributed by atoms with van der Waals surface area (Å²) in [5.41, 5.74) is 7.14. The molecular formula is C13H12FNO2. The van der Waals surface area contributed by atoms with Gasteiger partial charge in [0.15, 0.2) is 11.6 Å². The molecule has 0 spiro atoms. The predicted octanol–water partition coefficient (Wildman–Crippen LogP) is 2.79. The molecule has 0 amide bonds. The fraction of sp³-hybridized carbons (Fsp3) is 0.0769. The van der Waals surface area contributed by atoms with Gasteiger partial charge < -0.3 is 15.6 Å². The second-order valence-corrected chi connectivity index (χ2v) is 3.62. The molecule has 2 aromatic rings. The highest BCUT2D eigenvalue weighted by molar-refractivity contribution is 5.70.